The molecule has 148 valence electrons. The smallest absolute Gasteiger partial charge is 0.229 e. The lowest BCUT2D eigenvalue weighted by molar-refractivity contribution is 0.355. The average Bonchev–Trinajstić information content (AvgIpc) is 3.36. The van der Waals surface area contributed by atoms with Gasteiger partial charge in [-0.3, -0.25) is 4.98 Å². The van der Waals surface area contributed by atoms with E-state index in [9.17, 15) is 0 Å². The molecule has 2 bridgehead atoms. The molecule has 0 saturated heterocycles. The van der Waals surface area contributed by atoms with Gasteiger partial charge in [-0.1, -0.05) is 0 Å². The fourth-order valence-corrected chi connectivity index (χ4v) is 4.42. The van der Waals surface area contributed by atoms with E-state index in [4.69, 9.17) is 14.5 Å². The molecule has 1 saturated carbocycles. The van der Waals surface area contributed by atoms with Gasteiger partial charge in [0.25, 0.3) is 0 Å². The number of fused-ring (bicyclic) bond motifs is 5. The van der Waals surface area contributed by atoms with Crippen LogP contribution in [-0.2, 0) is 0 Å². The van der Waals surface area contributed by atoms with Gasteiger partial charge in [-0.05, 0) is 55.0 Å². The minimum Gasteiger partial charge on any atom is -0.493 e. The van der Waals surface area contributed by atoms with Gasteiger partial charge in [-0.2, -0.15) is 4.98 Å². The minimum atomic E-state index is 0.496. The van der Waals surface area contributed by atoms with Crippen LogP contribution in [0, 0.1) is 0 Å². The van der Waals surface area contributed by atoms with E-state index in [0.717, 1.165) is 11.4 Å². The maximum Gasteiger partial charge on any atom is 0.229 e. The molecule has 2 aliphatic rings. The summed E-state index contributed by atoms with van der Waals surface area (Å²) >= 11 is 0. The second kappa shape index (κ2) is 7.24. The van der Waals surface area contributed by atoms with Crippen molar-refractivity contribution in [2.45, 2.75) is 31.1 Å². The first-order chi connectivity index (χ1) is 14.2. The molecule has 7 nitrogen and oxygen atoms in total. The summed E-state index contributed by atoms with van der Waals surface area (Å²) in [5.74, 6) is 3.87. The lowest BCUT2D eigenvalue weighted by atomic mass is 9.96. The number of nitrogens with one attached hydrogen (secondary N) is 2. The molecule has 3 aromatic rings. The highest BCUT2D eigenvalue weighted by Gasteiger charge is 2.37. The van der Waals surface area contributed by atoms with Crippen LogP contribution in [0.15, 0.2) is 42.7 Å². The lowest BCUT2D eigenvalue weighted by Crippen LogP contribution is -2.04. The summed E-state index contributed by atoms with van der Waals surface area (Å²) in [6.07, 6.45) is 7.47. The van der Waals surface area contributed by atoms with Gasteiger partial charge in [0.05, 0.1) is 26.1 Å². The molecule has 2 aliphatic carbocycles. The zero-order valence-electron chi connectivity index (χ0n) is 16.5. The zero-order chi connectivity index (χ0) is 19.8. The molecular formula is C22H23N5O2. The summed E-state index contributed by atoms with van der Waals surface area (Å²) in [6.45, 7) is 0. The molecule has 1 aromatic carbocycles. The SMILES string of the molecule is COc1ccc(Nc2nccc(Nc3cnc4c(c3)C3CCC4C3)n2)cc1OC. The fraction of sp³-hybridized carbons (Fsp3) is 0.318. The van der Waals surface area contributed by atoms with Crippen molar-refractivity contribution in [1.29, 1.82) is 0 Å². The Morgan fingerprint density at radius 3 is 2.62 bits per heavy atom. The standard InChI is InChI=1S/C22H23N5O2/c1-28-18-6-5-15(11-19(18)29-2)26-22-23-8-7-20(27-22)25-16-10-17-13-3-4-14(9-13)21(17)24-12-16/h5-8,10-14H,3-4,9H2,1-2H3,(H2,23,25,26,27). The van der Waals surface area contributed by atoms with Crippen molar-refractivity contribution < 1.29 is 9.47 Å². The summed E-state index contributed by atoms with van der Waals surface area (Å²) in [7, 11) is 3.22. The van der Waals surface area contributed by atoms with E-state index in [2.05, 4.69) is 26.7 Å². The van der Waals surface area contributed by atoms with Crippen LogP contribution in [0.1, 0.15) is 42.4 Å². The number of nitrogens with zero attached hydrogens (tertiary/aromatic N) is 3. The Bertz CT molecular complexity index is 1060. The van der Waals surface area contributed by atoms with Crippen LogP contribution in [0.3, 0.4) is 0 Å². The van der Waals surface area contributed by atoms with Gasteiger partial charge in [0.1, 0.15) is 5.82 Å². The third kappa shape index (κ3) is 3.33. The number of rotatable bonds is 6. The molecule has 5 rings (SSSR count). The van der Waals surface area contributed by atoms with Gasteiger partial charge in [-0.15, -0.1) is 0 Å². The number of benzene rings is 1. The molecule has 0 amide bonds. The monoisotopic (exact) mass is 389 g/mol. The number of hydrogen-bond acceptors (Lipinski definition) is 7. The Kier molecular flexibility index (Phi) is 4.42. The Morgan fingerprint density at radius 2 is 1.76 bits per heavy atom. The molecule has 2 N–H and O–H groups in total. The van der Waals surface area contributed by atoms with E-state index in [0.29, 0.717) is 35.1 Å². The van der Waals surface area contributed by atoms with E-state index in [1.807, 2.05) is 30.5 Å². The lowest BCUT2D eigenvalue weighted by Gasteiger charge is -2.15. The van der Waals surface area contributed by atoms with E-state index in [1.165, 1.54) is 30.5 Å². The van der Waals surface area contributed by atoms with Crippen LogP contribution >= 0.6 is 0 Å². The van der Waals surface area contributed by atoms with Crippen molar-refractivity contribution in [3.8, 4) is 11.5 Å². The Hall–Kier alpha value is -3.35. The number of ether oxygens (including phenoxy) is 2. The van der Waals surface area contributed by atoms with Gasteiger partial charge in [0.2, 0.25) is 5.95 Å². The summed E-state index contributed by atoms with van der Waals surface area (Å²) < 4.78 is 10.6. The van der Waals surface area contributed by atoms with Crippen molar-refractivity contribution in [3.05, 3.63) is 54.0 Å². The van der Waals surface area contributed by atoms with Crippen LogP contribution < -0.4 is 20.1 Å². The van der Waals surface area contributed by atoms with Gasteiger partial charge < -0.3 is 20.1 Å². The van der Waals surface area contributed by atoms with Crippen LogP contribution in [0.4, 0.5) is 23.1 Å². The normalized spacial score (nSPS) is 19.0. The molecule has 2 heterocycles. The molecule has 0 aliphatic heterocycles. The first kappa shape index (κ1) is 17.7. The molecular weight excluding hydrogens is 366 g/mol. The fourth-order valence-electron chi connectivity index (χ4n) is 4.42. The molecule has 1 fully saturated rings. The average molecular weight is 389 g/mol. The second-order valence-corrected chi connectivity index (χ2v) is 7.49. The number of methoxy groups -OCH3 is 2. The summed E-state index contributed by atoms with van der Waals surface area (Å²) in [5.41, 5.74) is 4.48. The highest BCUT2D eigenvalue weighted by Crippen LogP contribution is 2.52. The number of pyridine rings is 1. The van der Waals surface area contributed by atoms with Gasteiger partial charge in [0, 0.05) is 29.6 Å². The Morgan fingerprint density at radius 1 is 0.897 bits per heavy atom. The molecule has 2 atom stereocenters. The largest absolute Gasteiger partial charge is 0.493 e. The van der Waals surface area contributed by atoms with Gasteiger partial charge in [0.15, 0.2) is 11.5 Å². The van der Waals surface area contributed by atoms with Crippen LogP contribution in [0.5, 0.6) is 11.5 Å². The zero-order valence-corrected chi connectivity index (χ0v) is 16.5. The van der Waals surface area contributed by atoms with Crippen molar-refractivity contribution >= 4 is 23.1 Å². The van der Waals surface area contributed by atoms with E-state index in [-0.39, 0.29) is 0 Å². The van der Waals surface area contributed by atoms with Gasteiger partial charge >= 0.3 is 0 Å². The summed E-state index contributed by atoms with van der Waals surface area (Å²) in [5, 5.41) is 6.57. The molecule has 2 unspecified atom stereocenters. The van der Waals surface area contributed by atoms with Crippen LogP contribution in [-0.4, -0.2) is 29.2 Å². The third-order valence-electron chi connectivity index (χ3n) is 5.78. The van der Waals surface area contributed by atoms with Crippen molar-refractivity contribution in [2.75, 3.05) is 24.9 Å². The topological polar surface area (TPSA) is 81.2 Å². The van der Waals surface area contributed by atoms with E-state index < -0.39 is 0 Å². The number of aromatic nitrogens is 3. The van der Waals surface area contributed by atoms with Gasteiger partial charge in [-0.25, -0.2) is 4.98 Å². The van der Waals surface area contributed by atoms with Crippen LogP contribution in [0.2, 0.25) is 0 Å². The summed E-state index contributed by atoms with van der Waals surface area (Å²) in [4.78, 5) is 13.6. The highest BCUT2D eigenvalue weighted by atomic mass is 16.5. The van der Waals surface area contributed by atoms with Crippen molar-refractivity contribution in [1.82, 2.24) is 15.0 Å². The quantitative estimate of drug-likeness (QED) is 0.630. The number of hydrogen-bond donors (Lipinski definition) is 2. The van der Waals surface area contributed by atoms with Crippen LogP contribution in [0.25, 0.3) is 0 Å². The second-order valence-electron chi connectivity index (χ2n) is 7.49. The number of anilines is 4. The predicted molar refractivity (Wildman–Crippen MR) is 112 cm³/mol. The molecule has 0 spiro atoms. The first-order valence-electron chi connectivity index (χ1n) is 9.82. The third-order valence-corrected chi connectivity index (χ3v) is 5.78. The van der Waals surface area contributed by atoms with E-state index >= 15 is 0 Å². The van der Waals surface area contributed by atoms with Crippen molar-refractivity contribution in [3.63, 3.8) is 0 Å². The maximum atomic E-state index is 5.35. The first-order valence-corrected chi connectivity index (χ1v) is 9.82. The minimum absolute atomic E-state index is 0.496. The summed E-state index contributed by atoms with van der Waals surface area (Å²) in [6, 6.07) is 9.66. The molecule has 0 radical (unpaired) electrons. The molecule has 7 heteroatoms. The maximum absolute atomic E-state index is 5.35. The predicted octanol–water partition coefficient (Wildman–Crippen LogP) is 4.74. The molecule has 29 heavy (non-hydrogen) atoms. The van der Waals surface area contributed by atoms with Crippen molar-refractivity contribution in [2.24, 2.45) is 0 Å². The van der Waals surface area contributed by atoms with E-state index in [1.54, 1.807) is 20.4 Å². The molecule has 2 aromatic heterocycles. The Balaban J connectivity index is 1.34. The Labute approximate surface area is 169 Å². The highest BCUT2D eigenvalue weighted by molar-refractivity contribution is 5.62.